The zero-order valence-electron chi connectivity index (χ0n) is 28.2. The maximum atomic E-state index is 14.7. The standard InChI is InChI=1S/C37H41Cl2N3O6S/c1-25(2)22-40-37(44)33(20-27-9-7-6-8-10-27)41(23-28-13-17-31(38)32(39)19-28)36(43)24-42(29-14-18-34(47-4)35(21-29)48-5)49(45,46)30-15-11-26(3)12-16-30/h6-19,21,25,33H,20,22-24H2,1-5H3,(H,40,44)/t33-/m1/s1. The molecule has 4 aromatic rings. The van der Waals surface area contributed by atoms with Crippen molar-refractivity contribution in [2.75, 3.05) is 31.6 Å². The van der Waals surface area contributed by atoms with Crippen LogP contribution >= 0.6 is 23.2 Å². The fourth-order valence-electron chi connectivity index (χ4n) is 5.16. The minimum absolute atomic E-state index is 0.00719. The van der Waals surface area contributed by atoms with Crippen LogP contribution in [0.15, 0.2) is 95.9 Å². The van der Waals surface area contributed by atoms with Crippen molar-refractivity contribution in [1.29, 1.82) is 0 Å². The number of nitrogens with one attached hydrogen (secondary N) is 1. The maximum absolute atomic E-state index is 14.7. The van der Waals surface area contributed by atoms with Crippen molar-refractivity contribution in [1.82, 2.24) is 10.2 Å². The number of nitrogens with zero attached hydrogens (tertiary/aromatic N) is 2. The van der Waals surface area contributed by atoms with Gasteiger partial charge in [-0.05, 0) is 60.4 Å². The molecule has 0 saturated carbocycles. The molecule has 1 atom stereocenters. The Labute approximate surface area is 298 Å². The molecule has 0 fully saturated rings. The van der Waals surface area contributed by atoms with Gasteiger partial charge in [0.05, 0.1) is 34.8 Å². The number of amides is 2. The Hall–Kier alpha value is -4.25. The van der Waals surface area contributed by atoms with E-state index in [9.17, 15) is 18.0 Å². The van der Waals surface area contributed by atoms with E-state index in [-0.39, 0.29) is 46.1 Å². The molecular weight excluding hydrogens is 685 g/mol. The number of hydrogen-bond acceptors (Lipinski definition) is 6. The van der Waals surface area contributed by atoms with Gasteiger partial charge in [-0.1, -0.05) is 91.1 Å². The van der Waals surface area contributed by atoms with Gasteiger partial charge < -0.3 is 19.7 Å². The SMILES string of the molecule is COc1ccc(N(CC(=O)N(Cc2ccc(Cl)c(Cl)c2)[C@H](Cc2ccccc2)C(=O)NCC(C)C)S(=O)(=O)c2ccc(C)cc2)cc1OC. The molecule has 0 aliphatic heterocycles. The van der Waals surface area contributed by atoms with E-state index in [0.29, 0.717) is 22.9 Å². The molecule has 0 spiro atoms. The zero-order valence-corrected chi connectivity index (χ0v) is 30.5. The first-order valence-corrected chi connectivity index (χ1v) is 17.9. The Morgan fingerprint density at radius 3 is 2.10 bits per heavy atom. The summed E-state index contributed by atoms with van der Waals surface area (Å²) in [4.78, 5) is 30.0. The second kappa shape index (κ2) is 16.9. The first-order chi connectivity index (χ1) is 23.3. The topological polar surface area (TPSA) is 105 Å². The molecule has 0 bridgehead atoms. The third-order valence-corrected chi connectivity index (χ3v) is 10.4. The number of halogens is 2. The van der Waals surface area contributed by atoms with Crippen molar-refractivity contribution in [2.24, 2.45) is 5.92 Å². The van der Waals surface area contributed by atoms with Crippen molar-refractivity contribution in [3.05, 3.63) is 118 Å². The highest BCUT2D eigenvalue weighted by molar-refractivity contribution is 7.92. The minimum atomic E-state index is -4.31. The Morgan fingerprint density at radius 2 is 1.49 bits per heavy atom. The summed E-state index contributed by atoms with van der Waals surface area (Å²) in [5, 5.41) is 3.59. The van der Waals surface area contributed by atoms with Gasteiger partial charge in [-0.25, -0.2) is 8.42 Å². The smallest absolute Gasteiger partial charge is 0.264 e. The van der Waals surface area contributed by atoms with Crippen LogP contribution in [0.1, 0.15) is 30.5 Å². The highest BCUT2D eigenvalue weighted by Crippen LogP contribution is 2.34. The summed E-state index contributed by atoms with van der Waals surface area (Å²) in [6.45, 7) is 5.51. The van der Waals surface area contributed by atoms with Crippen LogP contribution in [0.5, 0.6) is 11.5 Å². The van der Waals surface area contributed by atoms with Crippen LogP contribution in [0.3, 0.4) is 0 Å². The van der Waals surface area contributed by atoms with E-state index < -0.39 is 28.5 Å². The fraction of sp³-hybridized carbons (Fsp3) is 0.297. The monoisotopic (exact) mass is 725 g/mol. The van der Waals surface area contributed by atoms with Gasteiger partial charge in [-0.2, -0.15) is 0 Å². The molecule has 4 aromatic carbocycles. The number of carbonyl (C=O) groups excluding carboxylic acids is 2. The summed E-state index contributed by atoms with van der Waals surface area (Å²) in [6, 6.07) is 24.3. The van der Waals surface area contributed by atoms with Crippen LogP contribution in [0, 0.1) is 12.8 Å². The normalized spacial score (nSPS) is 11.9. The fourth-order valence-corrected chi connectivity index (χ4v) is 6.88. The van der Waals surface area contributed by atoms with E-state index in [2.05, 4.69) is 5.32 Å². The summed E-state index contributed by atoms with van der Waals surface area (Å²) in [5.74, 6) is -0.168. The Morgan fingerprint density at radius 1 is 0.816 bits per heavy atom. The highest BCUT2D eigenvalue weighted by Gasteiger charge is 2.35. The lowest BCUT2D eigenvalue weighted by Gasteiger charge is -2.34. The van der Waals surface area contributed by atoms with Gasteiger partial charge in [0.15, 0.2) is 11.5 Å². The van der Waals surface area contributed by atoms with Gasteiger partial charge in [0.1, 0.15) is 12.6 Å². The Bertz CT molecular complexity index is 1850. The molecule has 0 aliphatic carbocycles. The lowest BCUT2D eigenvalue weighted by atomic mass is 10.0. The average Bonchev–Trinajstić information content (AvgIpc) is 3.09. The van der Waals surface area contributed by atoms with Gasteiger partial charge in [-0.3, -0.25) is 13.9 Å². The Kier molecular flexibility index (Phi) is 13.0. The molecule has 2 amide bonds. The molecule has 49 heavy (non-hydrogen) atoms. The summed E-state index contributed by atoms with van der Waals surface area (Å²) in [5.41, 5.74) is 2.47. The van der Waals surface area contributed by atoms with E-state index in [1.807, 2.05) is 51.1 Å². The molecule has 0 unspecified atom stereocenters. The number of ether oxygens (including phenoxy) is 2. The summed E-state index contributed by atoms with van der Waals surface area (Å²) < 4.78 is 40.6. The highest BCUT2D eigenvalue weighted by atomic mass is 35.5. The van der Waals surface area contributed by atoms with E-state index in [0.717, 1.165) is 15.4 Å². The second-order valence-electron chi connectivity index (χ2n) is 12.0. The largest absolute Gasteiger partial charge is 0.493 e. The van der Waals surface area contributed by atoms with Gasteiger partial charge in [-0.15, -0.1) is 0 Å². The third-order valence-electron chi connectivity index (χ3n) is 7.84. The van der Waals surface area contributed by atoms with E-state index in [1.54, 1.807) is 42.5 Å². The third kappa shape index (κ3) is 9.68. The van der Waals surface area contributed by atoms with Crippen LogP contribution in [0.25, 0.3) is 0 Å². The van der Waals surface area contributed by atoms with Gasteiger partial charge in [0.25, 0.3) is 10.0 Å². The first-order valence-electron chi connectivity index (χ1n) is 15.7. The number of benzene rings is 4. The molecular formula is C37H41Cl2N3O6S. The number of hydrogen-bond donors (Lipinski definition) is 1. The van der Waals surface area contributed by atoms with Crippen LogP contribution in [0.4, 0.5) is 5.69 Å². The van der Waals surface area contributed by atoms with E-state index in [1.165, 1.54) is 37.3 Å². The lowest BCUT2D eigenvalue weighted by Crippen LogP contribution is -2.53. The Balaban J connectivity index is 1.85. The first kappa shape index (κ1) is 37.6. The van der Waals surface area contributed by atoms with E-state index in [4.69, 9.17) is 32.7 Å². The minimum Gasteiger partial charge on any atom is -0.493 e. The number of methoxy groups -OCH3 is 2. The lowest BCUT2D eigenvalue weighted by molar-refractivity contribution is -0.140. The molecule has 9 nitrogen and oxygen atoms in total. The van der Waals surface area contributed by atoms with Gasteiger partial charge in [0, 0.05) is 25.6 Å². The van der Waals surface area contributed by atoms with Crippen molar-refractivity contribution < 1.29 is 27.5 Å². The number of aryl methyl sites for hydroxylation is 1. The van der Waals surface area contributed by atoms with Crippen LogP contribution < -0.4 is 19.1 Å². The molecule has 0 aromatic heterocycles. The summed E-state index contributed by atoms with van der Waals surface area (Å²) >= 11 is 12.6. The summed E-state index contributed by atoms with van der Waals surface area (Å²) in [6.07, 6.45) is 0.179. The van der Waals surface area contributed by atoms with Crippen molar-refractivity contribution in [3.8, 4) is 11.5 Å². The average molecular weight is 727 g/mol. The second-order valence-corrected chi connectivity index (χ2v) is 14.7. The quantitative estimate of drug-likeness (QED) is 0.143. The molecule has 4 rings (SSSR count). The molecule has 1 N–H and O–H groups in total. The predicted molar refractivity (Wildman–Crippen MR) is 194 cm³/mol. The van der Waals surface area contributed by atoms with Crippen molar-refractivity contribution >= 4 is 50.7 Å². The molecule has 0 heterocycles. The van der Waals surface area contributed by atoms with Crippen LogP contribution in [-0.4, -0.2) is 58.5 Å². The van der Waals surface area contributed by atoms with E-state index >= 15 is 0 Å². The number of anilines is 1. The van der Waals surface area contributed by atoms with Crippen LogP contribution in [0.2, 0.25) is 10.0 Å². The number of sulfonamides is 1. The summed E-state index contributed by atoms with van der Waals surface area (Å²) in [7, 11) is -1.39. The van der Waals surface area contributed by atoms with Crippen LogP contribution in [-0.2, 0) is 32.6 Å². The van der Waals surface area contributed by atoms with Gasteiger partial charge in [0.2, 0.25) is 11.8 Å². The molecule has 12 heteroatoms. The zero-order chi connectivity index (χ0) is 35.7. The molecule has 260 valence electrons. The number of rotatable bonds is 15. The molecule has 0 saturated heterocycles. The van der Waals surface area contributed by atoms with Crippen molar-refractivity contribution in [3.63, 3.8) is 0 Å². The van der Waals surface area contributed by atoms with Crippen molar-refractivity contribution in [2.45, 2.75) is 44.7 Å². The molecule has 0 aliphatic rings. The maximum Gasteiger partial charge on any atom is 0.264 e. The molecule has 0 radical (unpaired) electrons. The number of carbonyl (C=O) groups is 2. The predicted octanol–water partition coefficient (Wildman–Crippen LogP) is 6.93. The van der Waals surface area contributed by atoms with Gasteiger partial charge >= 0.3 is 0 Å².